The Morgan fingerprint density at radius 1 is 1.00 bits per heavy atom. The number of nitrogens with zero attached hydrogens (tertiary/aromatic N) is 2. The number of methoxy groups -OCH3 is 1. The molecule has 6 nitrogen and oxygen atoms in total. The molecule has 0 unspecified atom stereocenters. The maximum atomic E-state index is 12.6. The quantitative estimate of drug-likeness (QED) is 0.432. The molecule has 0 spiro atoms. The molecule has 0 N–H and O–H groups in total. The van der Waals surface area contributed by atoms with Crippen LogP contribution in [0, 0.1) is 0 Å². The second-order valence-corrected chi connectivity index (χ2v) is 8.01. The lowest BCUT2D eigenvalue weighted by molar-refractivity contribution is -0.127. The van der Waals surface area contributed by atoms with Gasteiger partial charge in [0, 0.05) is 42.8 Å². The van der Waals surface area contributed by atoms with Gasteiger partial charge in [-0.1, -0.05) is 31.0 Å². The third kappa shape index (κ3) is 6.26. The average Bonchev–Trinajstić information content (AvgIpc) is 2.83. The summed E-state index contributed by atoms with van der Waals surface area (Å²) < 4.78 is 11.2. The van der Waals surface area contributed by atoms with E-state index in [9.17, 15) is 9.59 Å². The standard InChI is InChI=1S/C25H29ClN2O4/c1-3-4-17-32-22-11-5-19(18-23(22)31-2)6-12-24(29)27-13-15-28(16-14-27)25(30)20-7-9-21(26)10-8-20/h5-12,18H,3-4,13-17H2,1-2H3/b12-6+. The number of unbranched alkanes of at least 4 members (excludes halogenated alkanes) is 1. The smallest absolute Gasteiger partial charge is 0.253 e. The van der Waals surface area contributed by atoms with E-state index in [4.69, 9.17) is 21.1 Å². The Morgan fingerprint density at radius 2 is 1.69 bits per heavy atom. The minimum absolute atomic E-state index is 0.0438. The van der Waals surface area contributed by atoms with Gasteiger partial charge in [-0.15, -0.1) is 0 Å². The minimum Gasteiger partial charge on any atom is -0.493 e. The molecule has 0 radical (unpaired) electrons. The highest BCUT2D eigenvalue weighted by atomic mass is 35.5. The number of rotatable bonds is 8. The minimum atomic E-state index is -0.0779. The molecule has 1 saturated heterocycles. The number of halogens is 1. The molecule has 2 amide bonds. The zero-order valence-corrected chi connectivity index (χ0v) is 19.3. The average molecular weight is 457 g/mol. The molecule has 0 atom stereocenters. The van der Waals surface area contributed by atoms with E-state index in [0.29, 0.717) is 54.9 Å². The summed E-state index contributed by atoms with van der Waals surface area (Å²) in [7, 11) is 1.60. The largest absolute Gasteiger partial charge is 0.493 e. The summed E-state index contributed by atoms with van der Waals surface area (Å²) in [5, 5.41) is 0.597. The fourth-order valence-corrected chi connectivity index (χ4v) is 3.54. The molecule has 0 aromatic heterocycles. The highest BCUT2D eigenvalue weighted by Crippen LogP contribution is 2.28. The SMILES string of the molecule is CCCCOc1ccc(/C=C/C(=O)N2CCN(C(=O)c3ccc(Cl)cc3)CC2)cc1OC. The fraction of sp³-hybridized carbons (Fsp3) is 0.360. The number of carbonyl (C=O) groups is 2. The van der Waals surface area contributed by atoms with E-state index in [2.05, 4.69) is 6.92 Å². The van der Waals surface area contributed by atoms with Crippen molar-refractivity contribution in [2.45, 2.75) is 19.8 Å². The Labute approximate surface area is 194 Å². The first-order valence-electron chi connectivity index (χ1n) is 10.8. The summed E-state index contributed by atoms with van der Waals surface area (Å²) in [5.74, 6) is 1.22. The zero-order valence-electron chi connectivity index (χ0n) is 18.6. The van der Waals surface area contributed by atoms with Crippen LogP contribution in [0.2, 0.25) is 5.02 Å². The number of carbonyl (C=O) groups excluding carboxylic acids is 2. The second kappa shape index (κ2) is 11.6. The first-order chi connectivity index (χ1) is 15.5. The van der Waals surface area contributed by atoms with Crippen molar-refractivity contribution in [2.24, 2.45) is 0 Å². The Bertz CT molecular complexity index is 951. The van der Waals surface area contributed by atoms with Gasteiger partial charge < -0.3 is 19.3 Å². The van der Waals surface area contributed by atoms with Crippen molar-refractivity contribution in [2.75, 3.05) is 39.9 Å². The van der Waals surface area contributed by atoms with Crippen molar-refractivity contribution >= 4 is 29.5 Å². The maximum Gasteiger partial charge on any atom is 0.253 e. The molecule has 3 rings (SSSR count). The molecule has 1 aliphatic rings. The van der Waals surface area contributed by atoms with E-state index in [1.54, 1.807) is 53.3 Å². The number of hydrogen-bond donors (Lipinski definition) is 0. The molecular weight excluding hydrogens is 428 g/mol. The fourth-order valence-electron chi connectivity index (χ4n) is 3.41. The van der Waals surface area contributed by atoms with Gasteiger partial charge in [-0.3, -0.25) is 9.59 Å². The Kier molecular flexibility index (Phi) is 8.56. The van der Waals surface area contributed by atoms with Gasteiger partial charge >= 0.3 is 0 Å². The molecule has 0 aliphatic carbocycles. The van der Waals surface area contributed by atoms with E-state index in [1.165, 1.54) is 0 Å². The molecule has 2 aromatic carbocycles. The first-order valence-corrected chi connectivity index (χ1v) is 11.2. The molecular formula is C25H29ClN2O4. The van der Waals surface area contributed by atoms with Crippen LogP contribution in [0.15, 0.2) is 48.5 Å². The highest BCUT2D eigenvalue weighted by molar-refractivity contribution is 6.30. The van der Waals surface area contributed by atoms with Crippen LogP contribution in [0.4, 0.5) is 0 Å². The summed E-state index contributed by atoms with van der Waals surface area (Å²) >= 11 is 5.89. The number of hydrogen-bond acceptors (Lipinski definition) is 4. The van der Waals surface area contributed by atoms with Crippen LogP contribution in [0.1, 0.15) is 35.7 Å². The predicted octanol–water partition coefficient (Wildman–Crippen LogP) is 4.53. The summed E-state index contributed by atoms with van der Waals surface area (Å²) in [6.45, 7) is 4.75. The van der Waals surface area contributed by atoms with Crippen molar-refractivity contribution in [1.82, 2.24) is 9.80 Å². The molecule has 170 valence electrons. The van der Waals surface area contributed by atoms with E-state index in [1.807, 2.05) is 18.2 Å². The van der Waals surface area contributed by atoms with Gasteiger partial charge in [0.2, 0.25) is 5.91 Å². The van der Waals surface area contributed by atoms with Crippen LogP contribution in [-0.2, 0) is 4.79 Å². The van der Waals surface area contributed by atoms with Gasteiger partial charge in [-0.2, -0.15) is 0 Å². The number of benzene rings is 2. The molecule has 2 aromatic rings. The Balaban J connectivity index is 1.54. The molecule has 32 heavy (non-hydrogen) atoms. The molecule has 0 bridgehead atoms. The third-order valence-corrected chi connectivity index (χ3v) is 5.58. The van der Waals surface area contributed by atoms with Crippen LogP contribution >= 0.6 is 11.6 Å². The van der Waals surface area contributed by atoms with Crippen molar-refractivity contribution in [3.8, 4) is 11.5 Å². The van der Waals surface area contributed by atoms with E-state index in [-0.39, 0.29) is 11.8 Å². The Morgan fingerprint density at radius 3 is 2.34 bits per heavy atom. The lowest BCUT2D eigenvalue weighted by atomic mass is 10.1. The van der Waals surface area contributed by atoms with Crippen molar-refractivity contribution < 1.29 is 19.1 Å². The number of ether oxygens (including phenoxy) is 2. The molecule has 1 aliphatic heterocycles. The van der Waals surface area contributed by atoms with Crippen molar-refractivity contribution in [1.29, 1.82) is 0 Å². The van der Waals surface area contributed by atoms with E-state index in [0.717, 1.165) is 18.4 Å². The van der Waals surface area contributed by atoms with Crippen LogP contribution < -0.4 is 9.47 Å². The second-order valence-electron chi connectivity index (χ2n) is 7.57. The van der Waals surface area contributed by atoms with Crippen molar-refractivity contribution in [3.05, 3.63) is 64.7 Å². The number of amides is 2. The first kappa shape index (κ1) is 23.7. The zero-order chi connectivity index (χ0) is 22.9. The summed E-state index contributed by atoms with van der Waals surface area (Å²) in [6.07, 6.45) is 5.38. The van der Waals surface area contributed by atoms with Crippen LogP contribution in [0.25, 0.3) is 6.08 Å². The monoisotopic (exact) mass is 456 g/mol. The van der Waals surface area contributed by atoms with Gasteiger partial charge in [0.1, 0.15) is 0 Å². The molecule has 1 fully saturated rings. The summed E-state index contributed by atoms with van der Waals surface area (Å²) in [6, 6.07) is 12.5. The summed E-state index contributed by atoms with van der Waals surface area (Å²) in [5.41, 5.74) is 1.46. The third-order valence-electron chi connectivity index (χ3n) is 5.33. The molecule has 1 heterocycles. The lowest BCUT2D eigenvalue weighted by Crippen LogP contribution is -2.50. The van der Waals surface area contributed by atoms with E-state index < -0.39 is 0 Å². The highest BCUT2D eigenvalue weighted by Gasteiger charge is 2.23. The topological polar surface area (TPSA) is 59.1 Å². The van der Waals surface area contributed by atoms with Crippen LogP contribution in [0.5, 0.6) is 11.5 Å². The van der Waals surface area contributed by atoms with Gasteiger partial charge in [-0.25, -0.2) is 0 Å². The van der Waals surface area contributed by atoms with Crippen molar-refractivity contribution in [3.63, 3.8) is 0 Å². The van der Waals surface area contributed by atoms with E-state index >= 15 is 0 Å². The van der Waals surface area contributed by atoms with Gasteiger partial charge in [-0.05, 0) is 54.5 Å². The molecule has 7 heteroatoms. The lowest BCUT2D eigenvalue weighted by Gasteiger charge is -2.34. The predicted molar refractivity (Wildman–Crippen MR) is 126 cm³/mol. The van der Waals surface area contributed by atoms with Crippen LogP contribution in [-0.4, -0.2) is 61.5 Å². The van der Waals surface area contributed by atoms with Gasteiger partial charge in [0.15, 0.2) is 11.5 Å². The van der Waals surface area contributed by atoms with Gasteiger partial charge in [0.25, 0.3) is 5.91 Å². The van der Waals surface area contributed by atoms with Gasteiger partial charge in [0.05, 0.1) is 13.7 Å². The molecule has 0 saturated carbocycles. The summed E-state index contributed by atoms with van der Waals surface area (Å²) in [4.78, 5) is 28.7. The number of piperazine rings is 1. The normalized spacial score (nSPS) is 14.0. The Hall–Kier alpha value is -2.99. The maximum absolute atomic E-state index is 12.6. The van der Waals surface area contributed by atoms with Crippen LogP contribution in [0.3, 0.4) is 0 Å².